The second-order valence-corrected chi connectivity index (χ2v) is 8.75. The number of nitrogens with zero attached hydrogens (tertiary/aromatic N) is 3. The number of phenols is 1. The molecule has 0 spiro atoms. The maximum atomic E-state index is 13.4. The van der Waals surface area contributed by atoms with Gasteiger partial charge in [-0.25, -0.2) is 4.68 Å². The number of amides is 1. The molecule has 0 unspecified atom stereocenters. The van der Waals surface area contributed by atoms with Gasteiger partial charge in [0.15, 0.2) is 0 Å². The molecule has 2 heterocycles. The lowest BCUT2D eigenvalue weighted by atomic mass is 10.1. The number of carbonyl (C=O) groups excluding carboxylic acids is 1. The van der Waals surface area contributed by atoms with Crippen LogP contribution in [-0.2, 0) is 6.54 Å². The molecule has 3 N–H and O–H groups in total. The molecule has 186 valence electrons. The van der Waals surface area contributed by atoms with Crippen molar-refractivity contribution in [2.75, 3.05) is 10.6 Å². The molecule has 5 aromatic rings. The van der Waals surface area contributed by atoms with E-state index in [9.17, 15) is 14.7 Å². The Bertz CT molecular complexity index is 1640. The van der Waals surface area contributed by atoms with Crippen LogP contribution in [0.3, 0.4) is 0 Å². The predicted octanol–water partition coefficient (Wildman–Crippen LogP) is 5.61. The number of fused-ring (bicyclic) bond motifs is 1. The summed E-state index contributed by atoms with van der Waals surface area (Å²) in [5, 5.41) is 16.8. The standard InChI is InChI=1S/C29H27N5O3/c1-3-17-33-19(2)27(29(37)34(33)22-7-5-4-6-8-22)28(36)32-21-11-9-20(10-12-21)31-25-15-16-30-26-18-23(35)13-14-24(25)26/h4-16,18,35H,3,17H2,1-2H3,(H,30,31)(H,32,36). The van der Waals surface area contributed by atoms with E-state index in [1.165, 1.54) is 0 Å². The van der Waals surface area contributed by atoms with Gasteiger partial charge in [-0.05, 0) is 67.9 Å². The van der Waals surface area contributed by atoms with Gasteiger partial charge in [0.25, 0.3) is 11.5 Å². The fourth-order valence-corrected chi connectivity index (χ4v) is 4.45. The summed E-state index contributed by atoms with van der Waals surface area (Å²) in [6.45, 7) is 4.46. The second kappa shape index (κ2) is 10.0. The van der Waals surface area contributed by atoms with E-state index < -0.39 is 5.91 Å². The number of rotatable bonds is 7. The molecule has 0 aliphatic carbocycles. The number of aromatic hydroxyl groups is 1. The van der Waals surface area contributed by atoms with Gasteiger partial charge in [-0.2, -0.15) is 0 Å². The zero-order valence-corrected chi connectivity index (χ0v) is 20.6. The minimum Gasteiger partial charge on any atom is -0.508 e. The molecule has 0 saturated heterocycles. The molecule has 0 aliphatic rings. The number of hydrogen-bond donors (Lipinski definition) is 3. The maximum absolute atomic E-state index is 13.4. The average Bonchev–Trinajstić information content (AvgIpc) is 3.15. The summed E-state index contributed by atoms with van der Waals surface area (Å²) >= 11 is 0. The summed E-state index contributed by atoms with van der Waals surface area (Å²) in [6, 6.07) is 23.5. The molecule has 0 atom stereocenters. The molecule has 8 heteroatoms. The van der Waals surface area contributed by atoms with Crippen LogP contribution in [0.15, 0.2) is 89.9 Å². The van der Waals surface area contributed by atoms with Crippen molar-refractivity contribution in [3.8, 4) is 11.4 Å². The normalized spacial score (nSPS) is 11.0. The Morgan fingerprint density at radius 2 is 1.70 bits per heavy atom. The van der Waals surface area contributed by atoms with E-state index in [0.717, 1.165) is 28.9 Å². The molecule has 37 heavy (non-hydrogen) atoms. The number of carbonyl (C=O) groups is 1. The van der Waals surface area contributed by atoms with Gasteiger partial charge in [-0.1, -0.05) is 25.1 Å². The second-order valence-electron chi connectivity index (χ2n) is 8.75. The highest BCUT2D eigenvalue weighted by molar-refractivity contribution is 6.05. The fraction of sp³-hybridized carbons (Fsp3) is 0.138. The Hall–Kier alpha value is -4.85. The molecular weight excluding hydrogens is 466 g/mol. The minimum atomic E-state index is -0.442. The summed E-state index contributed by atoms with van der Waals surface area (Å²) in [4.78, 5) is 30.9. The van der Waals surface area contributed by atoms with Crippen LogP contribution in [0.2, 0.25) is 0 Å². The van der Waals surface area contributed by atoms with Crippen molar-refractivity contribution in [1.29, 1.82) is 0 Å². The van der Waals surface area contributed by atoms with Gasteiger partial charge in [0.1, 0.15) is 11.3 Å². The minimum absolute atomic E-state index is 0.131. The lowest BCUT2D eigenvalue weighted by Gasteiger charge is -2.12. The molecule has 0 bridgehead atoms. The van der Waals surface area contributed by atoms with Crippen LogP contribution in [0.4, 0.5) is 17.1 Å². The quantitative estimate of drug-likeness (QED) is 0.274. The Morgan fingerprint density at radius 3 is 2.43 bits per heavy atom. The molecule has 0 fully saturated rings. The molecular formula is C29H27N5O3. The van der Waals surface area contributed by atoms with Gasteiger partial charge in [-0.3, -0.25) is 19.3 Å². The number of hydrogen-bond acceptors (Lipinski definition) is 5. The number of phenolic OH excluding ortho intramolecular Hbond substituents is 1. The summed E-state index contributed by atoms with van der Waals surface area (Å²) in [6.07, 6.45) is 2.50. The third kappa shape index (κ3) is 4.69. The summed E-state index contributed by atoms with van der Waals surface area (Å²) in [7, 11) is 0. The first-order valence-corrected chi connectivity index (χ1v) is 12.1. The van der Waals surface area contributed by atoms with E-state index in [2.05, 4.69) is 15.6 Å². The summed E-state index contributed by atoms with van der Waals surface area (Å²) < 4.78 is 3.43. The van der Waals surface area contributed by atoms with Crippen molar-refractivity contribution in [1.82, 2.24) is 14.3 Å². The first kappa shape index (κ1) is 23.9. The van der Waals surface area contributed by atoms with Crippen LogP contribution in [0, 0.1) is 6.92 Å². The number of nitrogens with one attached hydrogen (secondary N) is 2. The van der Waals surface area contributed by atoms with Crippen LogP contribution < -0.4 is 16.2 Å². The first-order chi connectivity index (χ1) is 18.0. The van der Waals surface area contributed by atoms with Gasteiger partial charge in [0.05, 0.1) is 16.9 Å². The van der Waals surface area contributed by atoms with Crippen LogP contribution in [0.25, 0.3) is 16.6 Å². The topological polar surface area (TPSA) is 101 Å². The molecule has 2 aromatic heterocycles. The van der Waals surface area contributed by atoms with Crippen LogP contribution in [0.1, 0.15) is 29.4 Å². The van der Waals surface area contributed by atoms with Gasteiger partial charge in [0, 0.05) is 41.3 Å². The number of para-hydroxylation sites is 1. The molecule has 0 aliphatic heterocycles. The fourth-order valence-electron chi connectivity index (χ4n) is 4.45. The maximum Gasteiger partial charge on any atom is 0.284 e. The van der Waals surface area contributed by atoms with Crippen molar-refractivity contribution >= 4 is 33.9 Å². The molecule has 5 rings (SSSR count). The van der Waals surface area contributed by atoms with Crippen LogP contribution >= 0.6 is 0 Å². The van der Waals surface area contributed by atoms with Gasteiger partial charge in [0.2, 0.25) is 0 Å². The van der Waals surface area contributed by atoms with Crippen molar-refractivity contribution in [2.24, 2.45) is 0 Å². The Labute approximate surface area is 213 Å². The molecule has 0 saturated carbocycles. The third-order valence-electron chi connectivity index (χ3n) is 6.21. The van der Waals surface area contributed by atoms with E-state index >= 15 is 0 Å². The number of aromatic nitrogens is 3. The van der Waals surface area contributed by atoms with Crippen molar-refractivity contribution in [3.05, 3.63) is 107 Å². The van der Waals surface area contributed by atoms with E-state index in [1.54, 1.807) is 42.1 Å². The first-order valence-electron chi connectivity index (χ1n) is 12.1. The lowest BCUT2D eigenvalue weighted by molar-refractivity contribution is 0.102. The summed E-state index contributed by atoms with van der Waals surface area (Å²) in [5.41, 5.74) is 4.05. The van der Waals surface area contributed by atoms with E-state index in [1.807, 2.05) is 66.2 Å². The largest absolute Gasteiger partial charge is 0.508 e. The zero-order chi connectivity index (χ0) is 25.9. The zero-order valence-electron chi connectivity index (χ0n) is 20.6. The smallest absolute Gasteiger partial charge is 0.284 e. The number of anilines is 3. The van der Waals surface area contributed by atoms with Gasteiger partial charge >= 0.3 is 0 Å². The predicted molar refractivity (Wildman–Crippen MR) is 146 cm³/mol. The monoisotopic (exact) mass is 493 g/mol. The van der Waals surface area contributed by atoms with Gasteiger partial charge in [-0.15, -0.1) is 0 Å². The average molecular weight is 494 g/mol. The Morgan fingerprint density at radius 1 is 0.973 bits per heavy atom. The van der Waals surface area contributed by atoms with Crippen molar-refractivity contribution in [2.45, 2.75) is 26.8 Å². The highest BCUT2D eigenvalue weighted by Gasteiger charge is 2.23. The summed E-state index contributed by atoms with van der Waals surface area (Å²) in [5.74, 6) is -0.282. The lowest BCUT2D eigenvalue weighted by Crippen LogP contribution is -2.25. The van der Waals surface area contributed by atoms with Crippen molar-refractivity contribution in [3.63, 3.8) is 0 Å². The molecule has 1 amide bonds. The Kier molecular flexibility index (Phi) is 6.47. The van der Waals surface area contributed by atoms with E-state index in [0.29, 0.717) is 23.4 Å². The van der Waals surface area contributed by atoms with Crippen LogP contribution in [-0.4, -0.2) is 25.4 Å². The molecule has 0 radical (unpaired) electrons. The third-order valence-corrected chi connectivity index (χ3v) is 6.21. The highest BCUT2D eigenvalue weighted by atomic mass is 16.3. The Balaban J connectivity index is 1.38. The number of pyridine rings is 1. The van der Waals surface area contributed by atoms with E-state index in [-0.39, 0.29) is 16.9 Å². The highest BCUT2D eigenvalue weighted by Crippen LogP contribution is 2.28. The van der Waals surface area contributed by atoms with Gasteiger partial charge < -0.3 is 15.7 Å². The molecule has 8 nitrogen and oxygen atoms in total. The van der Waals surface area contributed by atoms with Crippen LogP contribution in [0.5, 0.6) is 5.75 Å². The van der Waals surface area contributed by atoms with Crippen molar-refractivity contribution < 1.29 is 9.90 Å². The molecule has 3 aromatic carbocycles. The number of benzene rings is 3. The van der Waals surface area contributed by atoms with E-state index in [4.69, 9.17) is 0 Å². The SMILES string of the molecule is CCCn1c(C)c(C(=O)Nc2ccc(Nc3ccnc4cc(O)ccc34)cc2)c(=O)n1-c1ccccc1.